The highest BCUT2D eigenvalue weighted by molar-refractivity contribution is 5.94. The van der Waals surface area contributed by atoms with Crippen LogP contribution in [0.25, 0.3) is 0 Å². The fourth-order valence-corrected chi connectivity index (χ4v) is 4.09. The van der Waals surface area contributed by atoms with Crippen LogP contribution in [-0.4, -0.2) is 53.0 Å². The van der Waals surface area contributed by atoms with Gasteiger partial charge in [-0.2, -0.15) is 0 Å². The van der Waals surface area contributed by atoms with Gasteiger partial charge in [-0.05, 0) is 35.4 Å². The monoisotopic (exact) mass is 415 g/mol. The van der Waals surface area contributed by atoms with Crippen molar-refractivity contribution < 1.29 is 9.90 Å². The molecule has 160 valence electrons. The number of carbonyl (C=O) groups excluding carboxylic acids is 1. The second-order valence-corrected chi connectivity index (χ2v) is 8.09. The summed E-state index contributed by atoms with van der Waals surface area (Å²) in [4.78, 5) is 17.5. The average molecular weight is 416 g/mol. The number of amides is 1. The van der Waals surface area contributed by atoms with Crippen LogP contribution in [0.1, 0.15) is 21.5 Å². The molecule has 5 nitrogen and oxygen atoms in total. The first-order chi connectivity index (χ1) is 15.2. The van der Waals surface area contributed by atoms with Crippen LogP contribution < -0.4 is 5.32 Å². The van der Waals surface area contributed by atoms with Crippen LogP contribution in [0, 0.1) is 0 Å². The molecule has 3 aromatic carbocycles. The van der Waals surface area contributed by atoms with Crippen molar-refractivity contribution in [2.24, 2.45) is 0 Å². The van der Waals surface area contributed by atoms with Gasteiger partial charge in [-0.3, -0.25) is 14.6 Å². The Labute approximate surface area is 183 Å². The van der Waals surface area contributed by atoms with Crippen molar-refractivity contribution in [1.29, 1.82) is 0 Å². The Kier molecular flexibility index (Phi) is 6.97. The minimum Gasteiger partial charge on any atom is -0.508 e. The van der Waals surface area contributed by atoms with E-state index in [0.29, 0.717) is 12.1 Å². The van der Waals surface area contributed by atoms with Gasteiger partial charge in [0, 0.05) is 50.9 Å². The number of carbonyl (C=O) groups is 1. The number of nitrogens with one attached hydrogen (secondary N) is 1. The third-order valence-electron chi connectivity index (χ3n) is 5.79. The van der Waals surface area contributed by atoms with Gasteiger partial charge in [0.15, 0.2) is 0 Å². The summed E-state index contributed by atoms with van der Waals surface area (Å²) in [5.74, 6) is 0.0502. The Morgan fingerprint density at radius 2 is 1.45 bits per heavy atom. The van der Waals surface area contributed by atoms with E-state index in [9.17, 15) is 9.90 Å². The number of phenolic OH excluding ortho intramolecular Hbond substituents is 1. The van der Waals surface area contributed by atoms with Crippen LogP contribution in [0.3, 0.4) is 0 Å². The molecule has 0 bridgehead atoms. The van der Waals surface area contributed by atoms with Crippen LogP contribution in [0.4, 0.5) is 0 Å². The molecule has 1 amide bonds. The molecular weight excluding hydrogens is 386 g/mol. The number of benzene rings is 3. The summed E-state index contributed by atoms with van der Waals surface area (Å²) in [7, 11) is 0. The van der Waals surface area contributed by atoms with Crippen LogP contribution in [-0.2, 0) is 13.1 Å². The second-order valence-electron chi connectivity index (χ2n) is 8.09. The lowest BCUT2D eigenvalue weighted by molar-refractivity contribution is 0.0610. The van der Waals surface area contributed by atoms with Crippen LogP contribution in [0.2, 0.25) is 0 Å². The molecule has 1 aliphatic rings. The molecule has 0 aromatic heterocycles. The Balaban J connectivity index is 1.42. The number of nitrogens with zero attached hydrogens (tertiary/aromatic N) is 2. The molecule has 2 N–H and O–H groups in total. The molecule has 1 saturated heterocycles. The van der Waals surface area contributed by atoms with E-state index in [2.05, 4.69) is 63.6 Å². The predicted octanol–water partition coefficient (Wildman–Crippen LogP) is 3.51. The summed E-state index contributed by atoms with van der Waals surface area (Å²) in [6.07, 6.45) is 0. The fourth-order valence-electron chi connectivity index (χ4n) is 4.09. The topological polar surface area (TPSA) is 55.8 Å². The van der Waals surface area contributed by atoms with Gasteiger partial charge in [0.05, 0.1) is 0 Å². The number of aromatic hydroxyl groups is 1. The van der Waals surface area contributed by atoms with Gasteiger partial charge in [-0.1, -0.05) is 60.7 Å². The maximum absolute atomic E-state index is 12.6. The maximum atomic E-state index is 12.6. The predicted molar refractivity (Wildman–Crippen MR) is 123 cm³/mol. The Morgan fingerprint density at radius 1 is 0.839 bits per heavy atom. The number of piperazine rings is 1. The molecule has 1 heterocycles. The van der Waals surface area contributed by atoms with E-state index < -0.39 is 0 Å². The lowest BCUT2D eigenvalue weighted by atomic mass is 10.1. The zero-order chi connectivity index (χ0) is 21.5. The summed E-state index contributed by atoms with van der Waals surface area (Å²) < 4.78 is 0. The van der Waals surface area contributed by atoms with E-state index in [0.717, 1.165) is 32.7 Å². The van der Waals surface area contributed by atoms with Gasteiger partial charge in [-0.25, -0.2) is 0 Å². The molecular formula is C26H29N3O2. The van der Waals surface area contributed by atoms with Gasteiger partial charge in [0.1, 0.15) is 5.75 Å². The van der Waals surface area contributed by atoms with Crippen LogP contribution >= 0.6 is 0 Å². The van der Waals surface area contributed by atoms with Crippen molar-refractivity contribution in [2.75, 3.05) is 26.2 Å². The van der Waals surface area contributed by atoms with Crippen molar-refractivity contribution in [3.8, 4) is 5.75 Å². The average Bonchev–Trinajstić information content (AvgIpc) is 2.81. The van der Waals surface area contributed by atoms with Crippen molar-refractivity contribution >= 4 is 5.91 Å². The largest absolute Gasteiger partial charge is 0.508 e. The lowest BCUT2D eigenvalue weighted by Gasteiger charge is -2.41. The smallest absolute Gasteiger partial charge is 0.251 e. The van der Waals surface area contributed by atoms with Gasteiger partial charge in [0.25, 0.3) is 5.91 Å². The van der Waals surface area contributed by atoms with Gasteiger partial charge < -0.3 is 10.4 Å². The highest BCUT2D eigenvalue weighted by Gasteiger charge is 2.27. The summed E-state index contributed by atoms with van der Waals surface area (Å²) >= 11 is 0. The first kappa shape index (κ1) is 21.1. The summed E-state index contributed by atoms with van der Waals surface area (Å²) in [6.45, 7) is 5.24. The molecule has 1 fully saturated rings. The molecule has 1 unspecified atom stereocenters. The normalized spacial score (nSPS) is 17.4. The minimum atomic E-state index is -0.111. The number of rotatable bonds is 7. The maximum Gasteiger partial charge on any atom is 0.251 e. The van der Waals surface area contributed by atoms with Gasteiger partial charge >= 0.3 is 0 Å². The van der Waals surface area contributed by atoms with Crippen LogP contribution in [0.15, 0.2) is 84.9 Å². The summed E-state index contributed by atoms with van der Waals surface area (Å²) in [6, 6.07) is 27.6. The zero-order valence-corrected chi connectivity index (χ0v) is 17.7. The van der Waals surface area contributed by atoms with E-state index in [4.69, 9.17) is 0 Å². The van der Waals surface area contributed by atoms with E-state index in [1.807, 2.05) is 12.1 Å². The second kappa shape index (κ2) is 10.2. The third-order valence-corrected chi connectivity index (χ3v) is 5.79. The van der Waals surface area contributed by atoms with E-state index in [1.165, 1.54) is 11.1 Å². The zero-order valence-electron chi connectivity index (χ0n) is 17.7. The highest BCUT2D eigenvalue weighted by Crippen LogP contribution is 2.17. The quantitative estimate of drug-likeness (QED) is 0.620. The SMILES string of the molecule is O=C(NCC1CN(Cc2ccccc2)CCN1Cc1ccccc1)c1ccc(O)cc1. The molecule has 5 heteroatoms. The Bertz CT molecular complexity index is 961. The first-order valence-electron chi connectivity index (χ1n) is 10.8. The van der Waals surface area contributed by atoms with Gasteiger partial charge in [-0.15, -0.1) is 0 Å². The van der Waals surface area contributed by atoms with Gasteiger partial charge in [0.2, 0.25) is 0 Å². The fraction of sp³-hybridized carbons (Fsp3) is 0.269. The van der Waals surface area contributed by atoms with Crippen molar-refractivity contribution in [2.45, 2.75) is 19.1 Å². The molecule has 0 radical (unpaired) electrons. The standard InChI is InChI=1S/C26H29N3O2/c30-25-13-11-23(12-14-25)26(31)27-17-24-20-28(18-21-7-3-1-4-8-21)15-16-29(24)19-22-9-5-2-6-10-22/h1-14,24,30H,15-20H2,(H,27,31). The van der Waals surface area contributed by atoms with Crippen molar-refractivity contribution in [1.82, 2.24) is 15.1 Å². The molecule has 0 spiro atoms. The number of hydrogen-bond donors (Lipinski definition) is 2. The Hall–Kier alpha value is -3.15. The summed E-state index contributed by atoms with van der Waals surface area (Å²) in [5.41, 5.74) is 3.16. The first-order valence-corrected chi connectivity index (χ1v) is 10.8. The van der Waals surface area contributed by atoms with Crippen molar-refractivity contribution in [3.05, 3.63) is 102 Å². The number of phenols is 1. The molecule has 1 atom stereocenters. The van der Waals surface area contributed by atoms with Crippen molar-refractivity contribution in [3.63, 3.8) is 0 Å². The molecule has 0 saturated carbocycles. The third kappa shape index (κ3) is 5.94. The molecule has 0 aliphatic carbocycles. The summed E-state index contributed by atoms with van der Waals surface area (Å²) in [5, 5.41) is 12.6. The van der Waals surface area contributed by atoms with E-state index in [-0.39, 0.29) is 17.7 Å². The minimum absolute atomic E-state index is 0.111. The lowest BCUT2D eigenvalue weighted by Crippen LogP contribution is -2.56. The number of hydrogen-bond acceptors (Lipinski definition) is 4. The molecule has 3 aromatic rings. The molecule has 1 aliphatic heterocycles. The molecule has 31 heavy (non-hydrogen) atoms. The molecule has 4 rings (SSSR count). The highest BCUT2D eigenvalue weighted by atomic mass is 16.3. The van der Waals surface area contributed by atoms with E-state index in [1.54, 1.807) is 24.3 Å². The Morgan fingerprint density at radius 3 is 2.10 bits per heavy atom. The van der Waals surface area contributed by atoms with Crippen LogP contribution in [0.5, 0.6) is 5.75 Å². The van der Waals surface area contributed by atoms with E-state index >= 15 is 0 Å².